The van der Waals surface area contributed by atoms with Crippen molar-refractivity contribution in [3.05, 3.63) is 29.8 Å². The number of rotatable bonds is 3. The molecule has 1 aliphatic rings. The minimum absolute atomic E-state index is 0.0261. The Hall–Kier alpha value is -2.04. The molecule has 5 heteroatoms. The summed E-state index contributed by atoms with van der Waals surface area (Å²) in [5.41, 5.74) is 0.874. The number of carbonyl (C=O) groups excluding carboxylic acids is 1. The molecule has 1 fully saturated rings. The molecule has 0 radical (unpaired) electrons. The molecule has 1 amide bonds. The Morgan fingerprint density at radius 2 is 2.12 bits per heavy atom. The highest BCUT2D eigenvalue weighted by Crippen LogP contribution is 2.24. The fourth-order valence-electron chi connectivity index (χ4n) is 1.84. The zero-order valence-electron chi connectivity index (χ0n) is 9.42. The van der Waals surface area contributed by atoms with Gasteiger partial charge in [-0.05, 0) is 30.7 Å². The maximum atomic E-state index is 11.6. The fourth-order valence-corrected chi connectivity index (χ4v) is 1.84. The van der Waals surface area contributed by atoms with Crippen LogP contribution in [-0.4, -0.2) is 29.8 Å². The van der Waals surface area contributed by atoms with E-state index in [1.165, 1.54) is 12.1 Å². The number of aromatic carboxylic acids is 1. The van der Waals surface area contributed by atoms with Crippen molar-refractivity contribution in [2.75, 3.05) is 11.5 Å². The lowest BCUT2D eigenvalue weighted by Gasteiger charge is -2.20. The molecule has 2 rings (SSSR count). The van der Waals surface area contributed by atoms with Gasteiger partial charge >= 0.3 is 12.1 Å². The summed E-state index contributed by atoms with van der Waals surface area (Å²) in [6.45, 7) is 2.36. The van der Waals surface area contributed by atoms with Crippen molar-refractivity contribution in [2.45, 2.75) is 19.4 Å². The highest BCUT2D eigenvalue weighted by Gasteiger charge is 2.32. The molecule has 0 aromatic heterocycles. The van der Waals surface area contributed by atoms with Crippen molar-refractivity contribution < 1.29 is 19.4 Å². The molecule has 1 aromatic rings. The lowest BCUT2D eigenvalue weighted by molar-refractivity contribution is 0.0697. The summed E-state index contributed by atoms with van der Waals surface area (Å²) in [4.78, 5) is 23.8. The van der Waals surface area contributed by atoms with E-state index in [0.717, 1.165) is 6.42 Å². The quantitative estimate of drug-likeness (QED) is 0.871. The first kappa shape index (κ1) is 11.4. The number of carboxylic acids is 1. The second-order valence-corrected chi connectivity index (χ2v) is 3.86. The molecule has 1 saturated heterocycles. The molecule has 17 heavy (non-hydrogen) atoms. The Kier molecular flexibility index (Phi) is 2.99. The van der Waals surface area contributed by atoms with Gasteiger partial charge < -0.3 is 9.84 Å². The maximum absolute atomic E-state index is 11.6. The van der Waals surface area contributed by atoms with E-state index < -0.39 is 5.97 Å². The molecule has 0 spiro atoms. The van der Waals surface area contributed by atoms with Gasteiger partial charge in [-0.25, -0.2) is 9.59 Å². The van der Waals surface area contributed by atoms with Crippen molar-refractivity contribution in [2.24, 2.45) is 0 Å². The Morgan fingerprint density at radius 3 is 2.65 bits per heavy atom. The first-order chi connectivity index (χ1) is 8.13. The van der Waals surface area contributed by atoms with Crippen molar-refractivity contribution in [3.63, 3.8) is 0 Å². The van der Waals surface area contributed by atoms with Crippen LogP contribution in [0.5, 0.6) is 0 Å². The number of cyclic esters (lactones) is 1. The molecule has 1 unspecified atom stereocenters. The van der Waals surface area contributed by atoms with Crippen LogP contribution in [0.25, 0.3) is 0 Å². The molecule has 5 nitrogen and oxygen atoms in total. The Labute approximate surface area is 98.6 Å². The van der Waals surface area contributed by atoms with Crippen LogP contribution in [0.1, 0.15) is 23.7 Å². The van der Waals surface area contributed by atoms with Crippen molar-refractivity contribution >= 4 is 17.7 Å². The normalized spacial score (nSPS) is 19.2. The second-order valence-electron chi connectivity index (χ2n) is 3.86. The summed E-state index contributed by atoms with van der Waals surface area (Å²) in [5, 5.41) is 8.79. The van der Waals surface area contributed by atoms with Crippen LogP contribution in [0.2, 0.25) is 0 Å². The third-order valence-electron chi connectivity index (χ3n) is 2.82. The van der Waals surface area contributed by atoms with E-state index in [-0.39, 0.29) is 17.7 Å². The van der Waals surface area contributed by atoms with Gasteiger partial charge in [0.05, 0.1) is 11.6 Å². The first-order valence-electron chi connectivity index (χ1n) is 5.43. The number of nitrogens with zero attached hydrogens (tertiary/aromatic N) is 1. The van der Waals surface area contributed by atoms with Gasteiger partial charge in [-0.2, -0.15) is 0 Å². The number of carboxylic acid groups (broad SMARTS) is 1. The molecular weight excluding hydrogens is 222 g/mol. The molecule has 90 valence electrons. The van der Waals surface area contributed by atoms with Gasteiger partial charge in [-0.1, -0.05) is 6.92 Å². The lowest BCUT2D eigenvalue weighted by Crippen LogP contribution is -2.32. The van der Waals surface area contributed by atoms with E-state index >= 15 is 0 Å². The number of anilines is 1. The molecule has 1 N–H and O–H groups in total. The molecule has 0 bridgehead atoms. The van der Waals surface area contributed by atoms with Gasteiger partial charge in [0.25, 0.3) is 0 Å². The van der Waals surface area contributed by atoms with E-state index in [0.29, 0.717) is 12.3 Å². The van der Waals surface area contributed by atoms with E-state index in [9.17, 15) is 9.59 Å². The van der Waals surface area contributed by atoms with Crippen molar-refractivity contribution in [1.29, 1.82) is 0 Å². The minimum atomic E-state index is -0.979. The molecule has 1 heterocycles. The standard InChI is InChI=1S/C12H13NO4/c1-2-9-7-17-12(16)13(9)10-5-3-8(4-6-10)11(14)15/h3-6,9H,2,7H2,1H3,(H,14,15). The number of hydrogen-bond acceptors (Lipinski definition) is 3. The summed E-state index contributed by atoms with van der Waals surface area (Å²) < 4.78 is 4.97. The molecule has 1 aromatic carbocycles. The predicted octanol–water partition coefficient (Wildman–Crippen LogP) is 2.12. The number of hydrogen-bond donors (Lipinski definition) is 1. The average molecular weight is 235 g/mol. The SMILES string of the molecule is CCC1COC(=O)N1c1ccc(C(=O)O)cc1. The zero-order chi connectivity index (χ0) is 12.4. The second kappa shape index (κ2) is 4.45. The Bertz CT molecular complexity index is 440. The largest absolute Gasteiger partial charge is 0.478 e. The third-order valence-corrected chi connectivity index (χ3v) is 2.82. The van der Waals surface area contributed by atoms with Crippen molar-refractivity contribution in [1.82, 2.24) is 0 Å². The van der Waals surface area contributed by atoms with Gasteiger partial charge in [-0.15, -0.1) is 0 Å². The minimum Gasteiger partial charge on any atom is -0.478 e. The summed E-state index contributed by atoms with van der Waals surface area (Å²) in [7, 11) is 0. The number of benzene rings is 1. The van der Waals surface area contributed by atoms with Crippen LogP contribution in [0.3, 0.4) is 0 Å². The maximum Gasteiger partial charge on any atom is 0.414 e. The molecule has 1 aliphatic heterocycles. The Balaban J connectivity index is 2.27. The highest BCUT2D eigenvalue weighted by atomic mass is 16.6. The van der Waals surface area contributed by atoms with Gasteiger partial charge in [-0.3, -0.25) is 4.90 Å². The number of carbonyl (C=O) groups is 2. The van der Waals surface area contributed by atoms with Crippen LogP contribution in [-0.2, 0) is 4.74 Å². The van der Waals surface area contributed by atoms with E-state index in [2.05, 4.69) is 0 Å². The molecular formula is C12H13NO4. The Morgan fingerprint density at radius 1 is 1.47 bits per heavy atom. The van der Waals surface area contributed by atoms with Gasteiger partial charge in [0.15, 0.2) is 0 Å². The van der Waals surface area contributed by atoms with E-state index in [1.54, 1.807) is 17.0 Å². The van der Waals surface area contributed by atoms with Crippen LogP contribution in [0.15, 0.2) is 24.3 Å². The average Bonchev–Trinajstić information content (AvgIpc) is 2.70. The van der Waals surface area contributed by atoms with Crippen LogP contribution in [0, 0.1) is 0 Å². The van der Waals surface area contributed by atoms with Gasteiger partial charge in [0, 0.05) is 5.69 Å². The lowest BCUT2D eigenvalue weighted by atomic mass is 10.1. The smallest absolute Gasteiger partial charge is 0.414 e. The first-order valence-corrected chi connectivity index (χ1v) is 5.43. The molecule has 0 saturated carbocycles. The summed E-state index contributed by atoms with van der Waals surface area (Å²) in [6.07, 6.45) is 0.423. The van der Waals surface area contributed by atoms with E-state index in [1.807, 2.05) is 6.92 Å². The van der Waals surface area contributed by atoms with Gasteiger partial charge in [0.1, 0.15) is 6.61 Å². The summed E-state index contributed by atoms with van der Waals surface area (Å²) in [5.74, 6) is -0.979. The van der Waals surface area contributed by atoms with Crippen molar-refractivity contribution in [3.8, 4) is 0 Å². The van der Waals surface area contributed by atoms with E-state index in [4.69, 9.17) is 9.84 Å². The van der Waals surface area contributed by atoms with Crippen LogP contribution < -0.4 is 4.90 Å². The van der Waals surface area contributed by atoms with Crippen LogP contribution in [0.4, 0.5) is 10.5 Å². The summed E-state index contributed by atoms with van der Waals surface area (Å²) in [6, 6.07) is 6.24. The predicted molar refractivity (Wildman–Crippen MR) is 61.3 cm³/mol. The number of ether oxygens (including phenoxy) is 1. The monoisotopic (exact) mass is 235 g/mol. The molecule has 0 aliphatic carbocycles. The topological polar surface area (TPSA) is 66.8 Å². The zero-order valence-corrected chi connectivity index (χ0v) is 9.42. The fraction of sp³-hybridized carbons (Fsp3) is 0.333. The molecule has 1 atom stereocenters. The van der Waals surface area contributed by atoms with Gasteiger partial charge in [0.2, 0.25) is 0 Å². The third kappa shape index (κ3) is 2.08. The van der Waals surface area contributed by atoms with Crippen LogP contribution >= 0.6 is 0 Å². The number of amides is 1. The highest BCUT2D eigenvalue weighted by molar-refractivity contribution is 5.92. The summed E-state index contributed by atoms with van der Waals surface area (Å²) >= 11 is 0.